The number of alkyl halides is 2. The summed E-state index contributed by atoms with van der Waals surface area (Å²) in [5.74, 6) is -3.23. The molecule has 0 atom stereocenters. The number of hydrogen-bond acceptors (Lipinski definition) is 4. The maximum absolute atomic E-state index is 13.6. The van der Waals surface area contributed by atoms with Crippen LogP contribution in [0.4, 0.5) is 18.9 Å². The highest BCUT2D eigenvalue weighted by Crippen LogP contribution is 2.40. The van der Waals surface area contributed by atoms with E-state index in [1.54, 1.807) is 11.5 Å². The number of nitrogens with zero attached hydrogens (tertiary/aromatic N) is 1. The molecule has 0 bridgehead atoms. The lowest BCUT2D eigenvalue weighted by atomic mass is 10.0. The largest absolute Gasteiger partial charge is 0.400 e. The van der Waals surface area contributed by atoms with Crippen LogP contribution in [-0.2, 0) is 17.8 Å². The fourth-order valence-corrected chi connectivity index (χ4v) is 4.78. The molecule has 4 rings (SSSR count). The molecule has 36 heavy (non-hydrogen) atoms. The first-order chi connectivity index (χ1) is 17.1. The van der Waals surface area contributed by atoms with Crippen LogP contribution in [0.15, 0.2) is 30.0 Å². The van der Waals surface area contributed by atoms with Crippen molar-refractivity contribution in [2.24, 2.45) is 5.73 Å². The number of Topliss-reactive ketones (excluding diaryl/α,β-unsaturated/α-hetero) is 1. The molecule has 1 aliphatic heterocycles. The Morgan fingerprint density at radius 2 is 1.97 bits per heavy atom. The molecule has 2 aliphatic rings. The summed E-state index contributed by atoms with van der Waals surface area (Å²) in [4.78, 5) is 39.4. The number of nitrogens with one attached hydrogen (secondary N) is 2. The van der Waals surface area contributed by atoms with Crippen molar-refractivity contribution in [3.05, 3.63) is 63.9 Å². The summed E-state index contributed by atoms with van der Waals surface area (Å²) >= 11 is 0. The van der Waals surface area contributed by atoms with Gasteiger partial charge in [-0.15, -0.1) is 0 Å². The third-order valence-corrected chi connectivity index (χ3v) is 6.86. The number of anilines is 1. The maximum Gasteiger partial charge on any atom is 0.294 e. The Hall–Kier alpha value is -3.56. The third kappa shape index (κ3) is 4.64. The molecule has 4 N–H and O–H groups in total. The topological polar surface area (TPSA) is 106 Å². The highest BCUT2D eigenvalue weighted by molar-refractivity contribution is 6.43. The molecule has 1 fully saturated rings. The van der Waals surface area contributed by atoms with Gasteiger partial charge in [-0.25, -0.2) is 13.2 Å². The predicted molar refractivity (Wildman–Crippen MR) is 128 cm³/mol. The molecule has 10 heteroatoms. The second-order valence-electron chi connectivity index (χ2n) is 9.36. The molecule has 1 saturated carbocycles. The van der Waals surface area contributed by atoms with E-state index in [4.69, 9.17) is 5.73 Å². The van der Waals surface area contributed by atoms with E-state index in [0.717, 1.165) is 25.0 Å². The number of allylic oxidation sites excluding steroid dienone is 1. The van der Waals surface area contributed by atoms with Gasteiger partial charge in [0, 0.05) is 23.6 Å². The number of ketones is 1. The summed E-state index contributed by atoms with van der Waals surface area (Å²) < 4.78 is 41.5. The smallest absolute Gasteiger partial charge is 0.294 e. The molecule has 0 saturated heterocycles. The van der Waals surface area contributed by atoms with Gasteiger partial charge in [-0.1, -0.05) is 19.4 Å². The predicted octanol–water partition coefficient (Wildman–Crippen LogP) is 4.55. The Kier molecular flexibility index (Phi) is 6.97. The van der Waals surface area contributed by atoms with Crippen molar-refractivity contribution in [3.8, 4) is 0 Å². The van der Waals surface area contributed by atoms with Crippen LogP contribution < -0.4 is 16.4 Å². The third-order valence-electron chi connectivity index (χ3n) is 6.86. The van der Waals surface area contributed by atoms with E-state index >= 15 is 0 Å². The minimum absolute atomic E-state index is 0.00434. The number of benzene rings is 1. The SMILES string of the molecule is CCC/C=C(\N)C1(NC(=O)C(=O)c2c(C)c(C(=O)Nc3ccc(F)c(C(F)F)c3)c3n2CCC3)CC1. The van der Waals surface area contributed by atoms with Gasteiger partial charge in [0.1, 0.15) is 5.82 Å². The Morgan fingerprint density at radius 1 is 1.25 bits per heavy atom. The molecule has 192 valence electrons. The number of rotatable bonds is 9. The van der Waals surface area contributed by atoms with Crippen molar-refractivity contribution in [2.45, 2.75) is 70.9 Å². The summed E-state index contributed by atoms with van der Waals surface area (Å²) in [5, 5.41) is 5.32. The summed E-state index contributed by atoms with van der Waals surface area (Å²) in [6.45, 7) is 4.06. The first kappa shape index (κ1) is 25.5. The molecule has 1 aliphatic carbocycles. The molecule has 0 radical (unpaired) electrons. The molecule has 0 unspecified atom stereocenters. The van der Waals surface area contributed by atoms with E-state index < -0.39 is 40.9 Å². The molecule has 7 nitrogen and oxygen atoms in total. The molecule has 2 aromatic rings. The fourth-order valence-electron chi connectivity index (χ4n) is 4.78. The number of carbonyl (C=O) groups excluding carboxylic acids is 3. The lowest BCUT2D eigenvalue weighted by molar-refractivity contribution is -0.117. The molecule has 1 aromatic carbocycles. The zero-order valence-corrected chi connectivity index (χ0v) is 20.2. The lowest BCUT2D eigenvalue weighted by Crippen LogP contribution is -2.44. The number of nitrogens with two attached hydrogens (primary N) is 1. The van der Waals surface area contributed by atoms with Crippen molar-refractivity contribution >= 4 is 23.3 Å². The Labute approximate surface area is 206 Å². The quantitative estimate of drug-likeness (QED) is 0.346. The number of unbranched alkanes of at least 4 members (excludes halogenated alkanes) is 1. The van der Waals surface area contributed by atoms with Crippen LogP contribution in [0.5, 0.6) is 0 Å². The molecule has 0 spiro atoms. The summed E-state index contributed by atoms with van der Waals surface area (Å²) in [6, 6.07) is 2.94. The minimum Gasteiger partial charge on any atom is -0.400 e. The van der Waals surface area contributed by atoms with E-state index in [-0.39, 0.29) is 16.9 Å². The first-order valence-corrected chi connectivity index (χ1v) is 12.0. The molecular weight excluding hydrogens is 473 g/mol. The second kappa shape index (κ2) is 9.83. The van der Waals surface area contributed by atoms with Crippen LogP contribution in [0.1, 0.15) is 83.1 Å². The lowest BCUT2D eigenvalue weighted by Gasteiger charge is -2.18. The highest BCUT2D eigenvalue weighted by Gasteiger charge is 2.48. The van der Waals surface area contributed by atoms with Gasteiger partial charge in [-0.3, -0.25) is 14.4 Å². The number of hydrogen-bond donors (Lipinski definition) is 3. The van der Waals surface area contributed by atoms with Gasteiger partial charge in [0.15, 0.2) is 0 Å². The van der Waals surface area contributed by atoms with Crippen molar-refractivity contribution in [3.63, 3.8) is 0 Å². The second-order valence-corrected chi connectivity index (χ2v) is 9.36. The van der Waals surface area contributed by atoms with E-state index in [1.165, 1.54) is 6.07 Å². The molecular formula is C26H29F3N4O3. The van der Waals surface area contributed by atoms with E-state index in [2.05, 4.69) is 10.6 Å². The van der Waals surface area contributed by atoms with Gasteiger partial charge < -0.3 is 20.9 Å². The average molecular weight is 503 g/mol. The van der Waals surface area contributed by atoms with Gasteiger partial charge in [-0.2, -0.15) is 0 Å². The Balaban J connectivity index is 1.59. The molecule has 2 amide bonds. The van der Waals surface area contributed by atoms with Gasteiger partial charge in [0.05, 0.1) is 22.4 Å². The van der Waals surface area contributed by atoms with Gasteiger partial charge in [0.25, 0.3) is 24.0 Å². The Morgan fingerprint density at radius 3 is 2.61 bits per heavy atom. The number of carbonyl (C=O) groups is 3. The standard InChI is InChI=1S/C26H29F3N4O3/c1-3-4-7-19(30)26(10-11-26)32-25(36)22(34)21-14(2)20(18-6-5-12-33(18)21)24(35)31-15-8-9-17(27)16(13-15)23(28)29/h7-9,13,23H,3-6,10-12,30H2,1-2H3,(H,31,35)(H,32,36)/b19-7-. The molecule has 1 aromatic heterocycles. The fraction of sp³-hybridized carbons (Fsp3) is 0.423. The summed E-state index contributed by atoms with van der Waals surface area (Å²) in [5.41, 5.74) is 6.47. The number of fused-ring (bicyclic) bond motifs is 1. The van der Waals surface area contributed by atoms with Crippen molar-refractivity contribution in [1.29, 1.82) is 0 Å². The normalized spacial score (nSPS) is 16.1. The zero-order valence-electron chi connectivity index (χ0n) is 20.2. The van der Waals surface area contributed by atoms with Crippen LogP contribution in [0.2, 0.25) is 0 Å². The van der Waals surface area contributed by atoms with Crippen molar-refractivity contribution in [1.82, 2.24) is 9.88 Å². The van der Waals surface area contributed by atoms with Crippen LogP contribution in [0, 0.1) is 12.7 Å². The number of aromatic nitrogens is 1. The average Bonchev–Trinajstić information content (AvgIpc) is 3.37. The van der Waals surface area contributed by atoms with Crippen LogP contribution in [0.25, 0.3) is 0 Å². The minimum atomic E-state index is -3.04. The van der Waals surface area contributed by atoms with E-state index in [1.807, 2.05) is 13.0 Å². The van der Waals surface area contributed by atoms with Crippen molar-refractivity contribution in [2.75, 3.05) is 5.32 Å². The van der Waals surface area contributed by atoms with E-state index in [9.17, 15) is 27.6 Å². The van der Waals surface area contributed by atoms with E-state index in [0.29, 0.717) is 49.2 Å². The first-order valence-electron chi connectivity index (χ1n) is 12.0. The monoisotopic (exact) mass is 502 g/mol. The van der Waals surface area contributed by atoms with Gasteiger partial charge in [0.2, 0.25) is 0 Å². The van der Waals surface area contributed by atoms with Crippen LogP contribution in [-0.4, -0.2) is 27.7 Å². The summed E-state index contributed by atoms with van der Waals surface area (Å²) in [6.07, 6.45) is 3.01. The maximum atomic E-state index is 13.6. The Bertz CT molecular complexity index is 1260. The van der Waals surface area contributed by atoms with Crippen LogP contribution >= 0.6 is 0 Å². The zero-order chi connectivity index (χ0) is 26.2. The number of amides is 2. The molecule has 2 heterocycles. The van der Waals surface area contributed by atoms with Crippen LogP contribution in [0.3, 0.4) is 0 Å². The summed E-state index contributed by atoms with van der Waals surface area (Å²) in [7, 11) is 0. The van der Waals surface area contributed by atoms with Gasteiger partial charge >= 0.3 is 0 Å². The number of halogens is 3. The van der Waals surface area contributed by atoms with Crippen molar-refractivity contribution < 1.29 is 27.6 Å². The van der Waals surface area contributed by atoms with Gasteiger partial charge in [-0.05, 0) is 62.8 Å². The highest BCUT2D eigenvalue weighted by atomic mass is 19.3.